The van der Waals surface area contributed by atoms with Crippen molar-refractivity contribution >= 4 is 40.9 Å². The predicted octanol–water partition coefficient (Wildman–Crippen LogP) is 6.04. The smallest absolute Gasteiger partial charge is 0.142 e. The first kappa shape index (κ1) is 23.0. The molecule has 0 amide bonds. The first-order valence-corrected chi connectivity index (χ1v) is 10.1. The van der Waals surface area contributed by atoms with Crippen molar-refractivity contribution < 1.29 is 9.57 Å². The normalized spacial score (nSPS) is 12.9. The molecule has 0 aliphatic heterocycles. The van der Waals surface area contributed by atoms with Crippen LogP contribution in [0.15, 0.2) is 40.5 Å². The average Bonchev–Trinajstić information content (AvgIpc) is 2.69. The van der Waals surface area contributed by atoms with E-state index in [4.69, 9.17) is 32.8 Å². The van der Waals surface area contributed by atoms with Crippen molar-refractivity contribution in [2.75, 3.05) is 20.7 Å². The highest BCUT2D eigenvalue weighted by atomic mass is 35.5. The van der Waals surface area contributed by atoms with Crippen LogP contribution in [-0.2, 0) is 4.84 Å². The van der Waals surface area contributed by atoms with Gasteiger partial charge in [0, 0.05) is 19.2 Å². The molecule has 0 heterocycles. The largest absolute Gasteiger partial charge is 0.484 e. The second-order valence-electron chi connectivity index (χ2n) is 6.77. The molecule has 2 rings (SSSR count). The highest BCUT2D eigenvalue weighted by Crippen LogP contribution is 2.30. The summed E-state index contributed by atoms with van der Waals surface area (Å²) in [5.41, 5.74) is 4.33. The van der Waals surface area contributed by atoms with Crippen molar-refractivity contribution in [3.8, 4) is 5.75 Å². The molecule has 0 saturated carbocycles. The van der Waals surface area contributed by atoms with Crippen LogP contribution in [-0.4, -0.2) is 43.8 Å². The Bertz CT molecular complexity index is 913. The van der Waals surface area contributed by atoms with Gasteiger partial charge in [-0.05, 0) is 63.1 Å². The molecule has 0 N–H and O–H groups in total. The van der Waals surface area contributed by atoms with Gasteiger partial charge in [0.2, 0.25) is 0 Å². The fraction of sp³-hybridized carbons (Fsp3) is 0.364. The highest BCUT2D eigenvalue weighted by molar-refractivity contribution is 6.42. The molecule has 5 nitrogen and oxygen atoms in total. The molecule has 7 heteroatoms. The van der Waals surface area contributed by atoms with Crippen LogP contribution in [0.4, 0.5) is 5.69 Å². The fourth-order valence-electron chi connectivity index (χ4n) is 2.64. The molecule has 0 radical (unpaired) electrons. The van der Waals surface area contributed by atoms with E-state index in [2.05, 4.69) is 17.1 Å². The van der Waals surface area contributed by atoms with Crippen molar-refractivity contribution in [2.45, 2.75) is 33.8 Å². The summed E-state index contributed by atoms with van der Waals surface area (Å²) in [5.74, 6) is 0.765. The number of hydrogen-bond acceptors (Lipinski definition) is 4. The zero-order valence-electron chi connectivity index (χ0n) is 17.7. The van der Waals surface area contributed by atoms with Crippen LogP contribution >= 0.6 is 23.2 Å². The summed E-state index contributed by atoms with van der Waals surface area (Å²) in [6, 6.07) is 9.33. The van der Waals surface area contributed by atoms with E-state index in [-0.39, 0.29) is 6.10 Å². The lowest BCUT2D eigenvalue weighted by atomic mass is 10.1. The maximum Gasteiger partial charge on any atom is 0.142 e. The van der Waals surface area contributed by atoms with E-state index >= 15 is 0 Å². The zero-order valence-corrected chi connectivity index (χ0v) is 19.2. The van der Waals surface area contributed by atoms with E-state index in [1.54, 1.807) is 12.1 Å². The summed E-state index contributed by atoms with van der Waals surface area (Å²) in [4.78, 5) is 11.6. The summed E-state index contributed by atoms with van der Waals surface area (Å²) in [6.45, 7) is 8.90. The van der Waals surface area contributed by atoms with Gasteiger partial charge in [0.15, 0.2) is 0 Å². The summed E-state index contributed by atoms with van der Waals surface area (Å²) < 4.78 is 6.22. The Hall–Kier alpha value is -2.24. The van der Waals surface area contributed by atoms with Crippen LogP contribution in [0.1, 0.15) is 30.5 Å². The Morgan fingerprint density at radius 1 is 1.14 bits per heavy atom. The SMILES string of the molecule is CCN(C)/C=N\c1cc(C)c(OC(C)/C(=N\OC)c2ccc(Cl)c(Cl)c2)cc1C. The number of aryl methyl sites for hydroxylation is 2. The Morgan fingerprint density at radius 2 is 1.86 bits per heavy atom. The zero-order chi connectivity index (χ0) is 21.6. The number of ether oxygens (including phenoxy) is 1. The molecule has 2 aromatic rings. The minimum absolute atomic E-state index is 0.370. The molecule has 0 spiro atoms. The van der Waals surface area contributed by atoms with Gasteiger partial charge < -0.3 is 14.5 Å². The number of halogens is 2. The van der Waals surface area contributed by atoms with Crippen LogP contribution < -0.4 is 4.74 Å². The van der Waals surface area contributed by atoms with E-state index in [1.807, 2.05) is 57.3 Å². The molecule has 1 atom stereocenters. The predicted molar refractivity (Wildman–Crippen MR) is 122 cm³/mol. The van der Waals surface area contributed by atoms with E-state index in [0.717, 1.165) is 34.7 Å². The Kier molecular flexibility index (Phi) is 8.35. The van der Waals surface area contributed by atoms with Crippen molar-refractivity contribution in [3.63, 3.8) is 0 Å². The van der Waals surface area contributed by atoms with Crippen molar-refractivity contribution in [1.82, 2.24) is 4.90 Å². The Balaban J connectivity index is 2.28. The Labute approximate surface area is 182 Å². The lowest BCUT2D eigenvalue weighted by Crippen LogP contribution is -2.25. The highest BCUT2D eigenvalue weighted by Gasteiger charge is 2.18. The molecular formula is C22H27Cl2N3O2. The first-order chi connectivity index (χ1) is 13.8. The summed E-state index contributed by atoms with van der Waals surface area (Å²) in [5, 5.41) is 5.08. The molecule has 0 aliphatic carbocycles. The summed E-state index contributed by atoms with van der Waals surface area (Å²) in [7, 11) is 3.49. The van der Waals surface area contributed by atoms with Crippen molar-refractivity contribution in [3.05, 3.63) is 57.1 Å². The van der Waals surface area contributed by atoms with Crippen LogP contribution in [0, 0.1) is 13.8 Å². The number of nitrogens with zero attached hydrogens (tertiary/aromatic N) is 3. The topological polar surface area (TPSA) is 46.4 Å². The lowest BCUT2D eigenvalue weighted by Gasteiger charge is -2.19. The third-order valence-corrected chi connectivity index (χ3v) is 5.22. The van der Waals surface area contributed by atoms with Crippen LogP contribution in [0.2, 0.25) is 10.0 Å². The van der Waals surface area contributed by atoms with Crippen LogP contribution in [0.25, 0.3) is 0 Å². The van der Waals surface area contributed by atoms with Gasteiger partial charge in [-0.2, -0.15) is 0 Å². The maximum atomic E-state index is 6.22. The number of benzene rings is 2. The number of rotatable bonds is 8. The quantitative estimate of drug-likeness (QED) is 0.288. The third kappa shape index (κ3) is 6.12. The minimum Gasteiger partial charge on any atom is -0.484 e. The summed E-state index contributed by atoms with van der Waals surface area (Å²) >= 11 is 12.2. The molecule has 1 unspecified atom stereocenters. The third-order valence-electron chi connectivity index (χ3n) is 4.48. The monoisotopic (exact) mass is 435 g/mol. The number of aliphatic imine (C=N–C) groups is 1. The minimum atomic E-state index is -0.370. The van der Waals surface area contributed by atoms with Gasteiger partial charge in [0.25, 0.3) is 0 Å². The Morgan fingerprint density at radius 3 is 2.48 bits per heavy atom. The second kappa shape index (κ2) is 10.5. The molecule has 0 saturated heterocycles. The number of oxime groups is 1. The van der Waals surface area contributed by atoms with Crippen LogP contribution in [0.5, 0.6) is 5.75 Å². The fourth-order valence-corrected chi connectivity index (χ4v) is 2.94. The molecule has 0 aromatic heterocycles. The molecular weight excluding hydrogens is 409 g/mol. The van der Waals surface area contributed by atoms with Gasteiger partial charge in [-0.3, -0.25) is 0 Å². The van der Waals surface area contributed by atoms with E-state index in [1.165, 1.54) is 7.11 Å². The van der Waals surface area contributed by atoms with Gasteiger partial charge in [-0.1, -0.05) is 34.4 Å². The van der Waals surface area contributed by atoms with Gasteiger partial charge >= 0.3 is 0 Å². The molecule has 0 fully saturated rings. The average molecular weight is 436 g/mol. The van der Waals surface area contributed by atoms with Gasteiger partial charge in [-0.15, -0.1) is 0 Å². The molecule has 156 valence electrons. The maximum absolute atomic E-state index is 6.22. The second-order valence-corrected chi connectivity index (χ2v) is 7.58. The van der Waals surface area contributed by atoms with Crippen molar-refractivity contribution in [2.24, 2.45) is 10.1 Å². The van der Waals surface area contributed by atoms with E-state index < -0.39 is 0 Å². The van der Waals surface area contributed by atoms with Crippen molar-refractivity contribution in [1.29, 1.82) is 0 Å². The van der Waals surface area contributed by atoms with Gasteiger partial charge in [0.05, 0.1) is 22.1 Å². The molecule has 29 heavy (non-hydrogen) atoms. The standard InChI is InChI=1S/C22H27Cl2N3O2/c1-7-27(5)13-25-20-10-15(3)21(11-14(20)2)29-16(4)22(26-28-6)17-8-9-18(23)19(24)12-17/h8-13,16H,7H2,1-6H3/b25-13-,26-22+. The first-order valence-electron chi connectivity index (χ1n) is 9.35. The molecule has 0 aliphatic rings. The number of hydrogen-bond donors (Lipinski definition) is 0. The van der Waals surface area contributed by atoms with Gasteiger partial charge in [-0.25, -0.2) is 4.99 Å². The van der Waals surface area contributed by atoms with Gasteiger partial charge in [0.1, 0.15) is 24.7 Å². The van der Waals surface area contributed by atoms with E-state index in [9.17, 15) is 0 Å². The summed E-state index contributed by atoms with van der Waals surface area (Å²) in [6.07, 6.45) is 1.46. The lowest BCUT2D eigenvalue weighted by molar-refractivity contribution is 0.204. The van der Waals surface area contributed by atoms with E-state index in [0.29, 0.717) is 15.8 Å². The molecule has 2 aromatic carbocycles. The molecule has 0 bridgehead atoms. The van der Waals surface area contributed by atoms with Crippen LogP contribution in [0.3, 0.4) is 0 Å².